The van der Waals surface area contributed by atoms with Crippen LogP contribution in [0, 0.1) is 11.8 Å². The highest BCUT2D eigenvalue weighted by Crippen LogP contribution is 2.65. The van der Waals surface area contributed by atoms with E-state index in [4.69, 9.17) is 4.74 Å². The molecule has 2 aromatic rings. The third-order valence-electron chi connectivity index (χ3n) is 5.15. The van der Waals surface area contributed by atoms with Crippen molar-refractivity contribution < 1.29 is 22.6 Å². The normalized spacial score (nSPS) is 29.5. The molecule has 2 aliphatic heterocycles. The monoisotopic (exact) mass is 330 g/mol. The zero-order chi connectivity index (χ0) is 16.5. The minimum Gasteiger partial charge on any atom is -0.406 e. The largest absolute Gasteiger partial charge is 0.573 e. The summed E-state index contributed by atoms with van der Waals surface area (Å²) in [7, 11) is 0. The van der Waals surface area contributed by atoms with Gasteiger partial charge in [0, 0.05) is 11.8 Å². The molecule has 0 unspecified atom stereocenters. The number of ether oxygens (including phenoxy) is 2. The molecule has 122 valence electrons. The highest BCUT2D eigenvalue weighted by atomic mass is 19.4. The van der Waals surface area contributed by atoms with Gasteiger partial charge in [0.15, 0.2) is 0 Å². The first-order valence-corrected chi connectivity index (χ1v) is 7.83. The first-order valence-electron chi connectivity index (χ1n) is 7.83. The van der Waals surface area contributed by atoms with Crippen LogP contribution in [0.2, 0.25) is 0 Å². The lowest BCUT2D eigenvalue weighted by atomic mass is 9.63. The van der Waals surface area contributed by atoms with E-state index in [1.165, 1.54) is 23.3 Å². The van der Waals surface area contributed by atoms with Crippen molar-refractivity contribution in [2.75, 3.05) is 0 Å². The average Bonchev–Trinajstić information content (AvgIpc) is 2.99. The molecule has 0 amide bonds. The minimum absolute atomic E-state index is 0.0577. The van der Waals surface area contributed by atoms with E-state index >= 15 is 0 Å². The van der Waals surface area contributed by atoms with E-state index in [-0.39, 0.29) is 18.0 Å². The maximum Gasteiger partial charge on any atom is 0.573 e. The Morgan fingerprint density at radius 2 is 1.54 bits per heavy atom. The number of alkyl halides is 3. The standard InChI is InChI=1S/C19H13F3O2/c20-19(21,22)24-11-7-5-10(6-8-11)14-9-15-16(14)18-13-4-2-1-3-12(13)17(15)23-18/h1-9,15-18H/t15-,16+,17+,18-/m0/s1. The average molecular weight is 330 g/mol. The fourth-order valence-electron chi connectivity index (χ4n) is 4.20. The van der Waals surface area contributed by atoms with Crippen molar-refractivity contribution in [3.8, 4) is 5.75 Å². The van der Waals surface area contributed by atoms with Crippen molar-refractivity contribution in [1.29, 1.82) is 0 Å². The Kier molecular flexibility index (Phi) is 2.72. The van der Waals surface area contributed by atoms with Gasteiger partial charge in [-0.3, -0.25) is 0 Å². The molecule has 4 atom stereocenters. The van der Waals surface area contributed by atoms with E-state index in [9.17, 15) is 13.2 Å². The summed E-state index contributed by atoms with van der Waals surface area (Å²) < 4.78 is 46.8. The smallest absolute Gasteiger partial charge is 0.406 e. The molecular weight excluding hydrogens is 317 g/mol. The number of hydrogen-bond donors (Lipinski definition) is 0. The van der Waals surface area contributed by atoms with Crippen molar-refractivity contribution in [3.05, 3.63) is 71.3 Å². The van der Waals surface area contributed by atoms with E-state index in [2.05, 4.69) is 22.9 Å². The summed E-state index contributed by atoms with van der Waals surface area (Å²) in [4.78, 5) is 0. The topological polar surface area (TPSA) is 18.5 Å². The van der Waals surface area contributed by atoms with Crippen LogP contribution in [0.1, 0.15) is 28.9 Å². The third-order valence-corrected chi connectivity index (χ3v) is 5.15. The molecule has 2 heterocycles. The van der Waals surface area contributed by atoms with Crippen molar-refractivity contribution in [2.45, 2.75) is 18.6 Å². The Morgan fingerprint density at radius 1 is 0.875 bits per heavy atom. The van der Waals surface area contributed by atoms with E-state index in [0.29, 0.717) is 11.8 Å². The van der Waals surface area contributed by atoms with E-state index in [1.807, 2.05) is 12.1 Å². The zero-order valence-electron chi connectivity index (χ0n) is 12.5. The maximum atomic E-state index is 12.2. The van der Waals surface area contributed by atoms with Gasteiger partial charge in [-0.25, -0.2) is 0 Å². The van der Waals surface area contributed by atoms with Crippen molar-refractivity contribution in [2.24, 2.45) is 11.8 Å². The number of benzene rings is 2. The third kappa shape index (κ3) is 1.94. The highest BCUT2D eigenvalue weighted by molar-refractivity contribution is 5.76. The van der Waals surface area contributed by atoms with E-state index in [1.54, 1.807) is 12.1 Å². The fourth-order valence-corrected chi connectivity index (χ4v) is 4.20. The summed E-state index contributed by atoms with van der Waals surface area (Å²) in [5.74, 6) is 0.461. The van der Waals surface area contributed by atoms with Gasteiger partial charge in [-0.05, 0) is 34.4 Å². The quantitative estimate of drug-likeness (QED) is 0.768. The minimum atomic E-state index is -4.66. The van der Waals surface area contributed by atoms with Crippen LogP contribution in [0.4, 0.5) is 13.2 Å². The molecule has 1 fully saturated rings. The Bertz CT molecular complexity index is 838. The summed E-state index contributed by atoms with van der Waals surface area (Å²) in [5.41, 5.74) is 4.60. The molecule has 0 N–H and O–H groups in total. The van der Waals surface area contributed by atoms with Crippen molar-refractivity contribution >= 4 is 5.57 Å². The molecule has 5 heteroatoms. The predicted molar refractivity (Wildman–Crippen MR) is 81.1 cm³/mol. The molecule has 0 saturated carbocycles. The Hall–Kier alpha value is -2.27. The molecule has 0 radical (unpaired) electrons. The molecule has 2 aromatic carbocycles. The zero-order valence-corrected chi connectivity index (χ0v) is 12.5. The van der Waals surface area contributed by atoms with Crippen LogP contribution in [-0.4, -0.2) is 6.36 Å². The van der Waals surface area contributed by atoms with Gasteiger partial charge in [-0.15, -0.1) is 13.2 Å². The van der Waals surface area contributed by atoms with Gasteiger partial charge in [0.05, 0.1) is 12.2 Å². The van der Waals surface area contributed by atoms with Gasteiger partial charge >= 0.3 is 6.36 Å². The van der Waals surface area contributed by atoms with Gasteiger partial charge in [0.1, 0.15) is 5.75 Å². The van der Waals surface area contributed by atoms with Crippen LogP contribution < -0.4 is 4.74 Å². The highest BCUT2D eigenvalue weighted by Gasteiger charge is 2.56. The van der Waals surface area contributed by atoms with Gasteiger partial charge in [-0.1, -0.05) is 42.5 Å². The molecular formula is C19H13F3O2. The lowest BCUT2D eigenvalue weighted by molar-refractivity contribution is -0.274. The van der Waals surface area contributed by atoms with E-state index < -0.39 is 6.36 Å². The molecule has 0 spiro atoms. The summed E-state index contributed by atoms with van der Waals surface area (Å²) in [5, 5.41) is 0. The second-order valence-corrected chi connectivity index (χ2v) is 6.40. The van der Waals surface area contributed by atoms with Gasteiger partial charge in [0.25, 0.3) is 0 Å². The number of rotatable bonds is 2. The maximum absolute atomic E-state index is 12.2. The Balaban J connectivity index is 1.41. The molecule has 2 bridgehead atoms. The molecule has 3 aliphatic rings. The summed E-state index contributed by atoms with van der Waals surface area (Å²) >= 11 is 0. The molecule has 5 rings (SSSR count). The molecule has 24 heavy (non-hydrogen) atoms. The van der Waals surface area contributed by atoms with Crippen LogP contribution >= 0.6 is 0 Å². The van der Waals surface area contributed by atoms with E-state index in [0.717, 1.165) is 11.1 Å². The lowest BCUT2D eigenvalue weighted by Crippen LogP contribution is -2.29. The van der Waals surface area contributed by atoms with Gasteiger partial charge in [0.2, 0.25) is 0 Å². The van der Waals surface area contributed by atoms with Gasteiger partial charge in [-0.2, -0.15) is 0 Å². The first kappa shape index (κ1) is 14.1. The first-order chi connectivity index (χ1) is 11.5. The van der Waals surface area contributed by atoms with Crippen molar-refractivity contribution in [1.82, 2.24) is 0 Å². The summed E-state index contributed by atoms with van der Waals surface area (Å²) in [6.07, 6.45) is -2.30. The Labute approximate surface area is 136 Å². The summed E-state index contributed by atoms with van der Waals surface area (Å²) in [6.45, 7) is 0. The van der Waals surface area contributed by atoms with Gasteiger partial charge < -0.3 is 9.47 Å². The number of hydrogen-bond acceptors (Lipinski definition) is 2. The molecule has 1 saturated heterocycles. The lowest BCUT2D eigenvalue weighted by Gasteiger charge is -2.37. The second-order valence-electron chi connectivity index (χ2n) is 6.40. The van der Waals surface area contributed by atoms with Crippen LogP contribution in [0.3, 0.4) is 0 Å². The van der Waals surface area contributed by atoms with Crippen LogP contribution in [0.15, 0.2) is 54.6 Å². The molecule has 2 nitrogen and oxygen atoms in total. The van der Waals surface area contributed by atoms with Crippen LogP contribution in [0.5, 0.6) is 5.75 Å². The van der Waals surface area contributed by atoms with Crippen LogP contribution in [-0.2, 0) is 4.74 Å². The number of halogens is 3. The van der Waals surface area contributed by atoms with Crippen molar-refractivity contribution in [3.63, 3.8) is 0 Å². The number of fused-ring (bicyclic) bond motifs is 8. The second kappa shape index (κ2) is 4.63. The molecule has 1 aliphatic carbocycles. The summed E-state index contributed by atoms with van der Waals surface area (Å²) in [6, 6.07) is 14.3. The SMILES string of the molecule is FC(F)(F)Oc1ccc(C2=C[C@H]3[C@@H]2[C@H]2O[C@@H]3c3ccccc32)cc1. The molecule has 0 aromatic heterocycles. The Morgan fingerprint density at radius 3 is 2.21 bits per heavy atom. The van der Waals surface area contributed by atoms with Crippen LogP contribution in [0.25, 0.3) is 5.57 Å². The fraction of sp³-hybridized carbons (Fsp3) is 0.263. The predicted octanol–water partition coefficient (Wildman–Crippen LogP) is 5.04.